The van der Waals surface area contributed by atoms with E-state index in [0.717, 1.165) is 39.7 Å². The van der Waals surface area contributed by atoms with Gasteiger partial charge in [0, 0.05) is 5.57 Å². The van der Waals surface area contributed by atoms with Crippen LogP contribution in [-0.2, 0) is 29.8 Å². The lowest BCUT2D eigenvalue weighted by molar-refractivity contribution is -0.937. The van der Waals surface area contributed by atoms with Crippen molar-refractivity contribution < 1.29 is 44.4 Å². The topological polar surface area (TPSA) is 141 Å². The highest BCUT2D eigenvalue weighted by Gasteiger charge is 2.20. The first kappa shape index (κ1) is 36.4. The van der Waals surface area contributed by atoms with E-state index in [9.17, 15) is 30.7 Å². The number of benzene rings is 2. The number of nitrogens with zero attached hydrogens (tertiary/aromatic N) is 2. The zero-order chi connectivity index (χ0) is 30.7. The van der Waals surface area contributed by atoms with Gasteiger partial charge < -0.3 is 22.8 Å². The Labute approximate surface area is 234 Å². The molecule has 2 aromatic carbocycles. The summed E-state index contributed by atoms with van der Waals surface area (Å²) >= 11 is 0. The van der Waals surface area contributed by atoms with E-state index in [2.05, 4.69) is 41.8 Å². The highest BCUT2D eigenvalue weighted by atomic mass is 32.2. The van der Waals surface area contributed by atoms with Crippen LogP contribution in [0.4, 0.5) is 0 Å². The van der Waals surface area contributed by atoms with Crippen LogP contribution in [0.25, 0.3) is 0 Å². The van der Waals surface area contributed by atoms with Crippen molar-refractivity contribution in [2.45, 2.75) is 30.6 Å². The molecule has 0 aliphatic rings. The molecule has 0 aliphatic heterocycles. The summed E-state index contributed by atoms with van der Waals surface area (Å²) in [5.74, 6) is -0.295. The molecule has 0 aliphatic carbocycles. The first-order valence-corrected chi connectivity index (χ1v) is 14.9. The number of quaternary nitrogens is 2. The fraction of sp³-hybridized carbons (Fsp3) is 0.444. The highest BCUT2D eigenvalue weighted by molar-refractivity contribution is 7.86. The predicted molar refractivity (Wildman–Crippen MR) is 149 cm³/mol. The molecule has 0 heterocycles. The van der Waals surface area contributed by atoms with E-state index in [1.54, 1.807) is 31.2 Å². The Morgan fingerprint density at radius 3 is 1.38 bits per heavy atom. The van der Waals surface area contributed by atoms with E-state index >= 15 is 0 Å². The third-order valence-corrected chi connectivity index (χ3v) is 6.97. The van der Waals surface area contributed by atoms with Gasteiger partial charge in [-0.15, -0.1) is 0 Å². The molecule has 39 heavy (non-hydrogen) atoms. The van der Waals surface area contributed by atoms with Gasteiger partial charge in [-0.1, -0.05) is 42.0 Å². The van der Waals surface area contributed by atoms with Gasteiger partial charge in [-0.25, -0.2) is 21.6 Å². The maximum atomic E-state index is 11.2. The molecule has 2 aromatic rings. The minimum Gasteiger partial charge on any atom is -0.744 e. The van der Waals surface area contributed by atoms with Crippen LogP contribution in [0, 0.1) is 13.8 Å². The van der Waals surface area contributed by atoms with Crippen LogP contribution in [0.2, 0.25) is 0 Å². The summed E-state index contributed by atoms with van der Waals surface area (Å²) in [6.07, 6.45) is 0. The van der Waals surface area contributed by atoms with Crippen LogP contribution in [0.3, 0.4) is 0 Å². The number of aryl methyl sites for hydroxylation is 2. The summed E-state index contributed by atoms with van der Waals surface area (Å²) < 4.78 is 69.3. The van der Waals surface area contributed by atoms with Gasteiger partial charge in [0.1, 0.15) is 46.5 Å². The zero-order valence-corrected chi connectivity index (χ0v) is 25.8. The Hall–Kier alpha value is -2.61. The fourth-order valence-corrected chi connectivity index (χ4v) is 3.54. The van der Waals surface area contributed by atoms with Gasteiger partial charge in [0.15, 0.2) is 0 Å². The number of rotatable bonds is 9. The molecule has 0 fully saturated rings. The maximum absolute atomic E-state index is 11.2. The molecule has 0 spiro atoms. The van der Waals surface area contributed by atoms with Crippen molar-refractivity contribution >= 4 is 26.2 Å². The molecule has 0 amide bonds. The number of hydrogen-bond donors (Lipinski definition) is 0. The Balaban J connectivity index is 0.000000575. The summed E-state index contributed by atoms with van der Waals surface area (Å²) in [4.78, 5) is 10.9. The van der Waals surface area contributed by atoms with Crippen molar-refractivity contribution in [3.05, 3.63) is 71.8 Å². The van der Waals surface area contributed by atoms with Crippen molar-refractivity contribution in [3.8, 4) is 0 Å². The van der Waals surface area contributed by atoms with Crippen molar-refractivity contribution in [1.29, 1.82) is 0 Å². The molecule has 0 saturated heterocycles. The molecule has 10 nitrogen and oxygen atoms in total. The minimum absolute atomic E-state index is 0.178. The number of likely N-dealkylation sites (N-methyl/N-ethyl adjacent to an activating group) is 2. The number of carbonyl (C=O) groups excluding carboxylic acids is 1. The maximum Gasteiger partial charge on any atom is 0.333 e. The molecular weight excluding hydrogens is 544 g/mol. The lowest BCUT2D eigenvalue weighted by Gasteiger charge is -2.33. The van der Waals surface area contributed by atoms with Crippen molar-refractivity contribution in [2.24, 2.45) is 0 Å². The van der Waals surface area contributed by atoms with E-state index in [1.165, 1.54) is 24.3 Å². The van der Waals surface area contributed by atoms with Crippen LogP contribution in [0.15, 0.2) is 70.5 Å². The first-order chi connectivity index (χ1) is 17.5. The van der Waals surface area contributed by atoms with E-state index < -0.39 is 20.2 Å². The Morgan fingerprint density at radius 1 is 0.744 bits per heavy atom. The van der Waals surface area contributed by atoms with Crippen molar-refractivity contribution in [3.63, 3.8) is 0 Å². The minimum atomic E-state index is -4.27. The van der Waals surface area contributed by atoms with E-state index in [0.29, 0.717) is 12.2 Å². The van der Waals surface area contributed by atoms with Crippen molar-refractivity contribution in [1.82, 2.24) is 0 Å². The van der Waals surface area contributed by atoms with Crippen LogP contribution in [0.5, 0.6) is 0 Å². The molecular formula is C27H42N2O8S2. The van der Waals surface area contributed by atoms with Crippen LogP contribution in [-0.4, -0.2) is 102 Å². The molecule has 0 saturated carbocycles. The molecule has 0 unspecified atom stereocenters. The second-order valence-electron chi connectivity index (χ2n) is 10.8. The Morgan fingerprint density at radius 2 is 1.10 bits per heavy atom. The van der Waals surface area contributed by atoms with E-state index in [1.807, 2.05) is 13.8 Å². The monoisotopic (exact) mass is 586 g/mol. The molecule has 220 valence electrons. The highest BCUT2D eigenvalue weighted by Crippen LogP contribution is 2.09. The van der Waals surface area contributed by atoms with Gasteiger partial charge in [0.25, 0.3) is 0 Å². The SMILES string of the molecule is C=C(C)C(=O)OCC[N+](C)(C)CC[N+](C)(C)C.Cc1ccc(S(=O)(=O)[O-])cc1.Cc1ccc(S(=O)(=O)[O-])cc1. The second kappa shape index (κ2) is 15.2. The molecule has 0 aromatic heterocycles. The lowest BCUT2D eigenvalue weighted by atomic mass is 10.2. The first-order valence-electron chi connectivity index (χ1n) is 12.0. The largest absolute Gasteiger partial charge is 0.744 e. The molecule has 0 bridgehead atoms. The quantitative estimate of drug-likeness (QED) is 0.189. The number of ether oxygens (including phenoxy) is 1. The molecule has 2 rings (SSSR count). The smallest absolute Gasteiger partial charge is 0.333 e. The Bertz CT molecular complexity index is 1210. The normalized spacial score (nSPS) is 11.8. The average Bonchev–Trinajstić information content (AvgIpc) is 2.77. The molecule has 0 N–H and O–H groups in total. The third-order valence-electron chi connectivity index (χ3n) is 5.27. The molecule has 0 radical (unpaired) electrons. The average molecular weight is 587 g/mol. The van der Waals surface area contributed by atoms with Gasteiger partial charge in [-0.3, -0.25) is 0 Å². The van der Waals surface area contributed by atoms with E-state index in [-0.39, 0.29) is 15.8 Å². The van der Waals surface area contributed by atoms with Crippen LogP contribution < -0.4 is 0 Å². The summed E-state index contributed by atoms with van der Waals surface area (Å²) in [6.45, 7) is 12.3. The summed E-state index contributed by atoms with van der Waals surface area (Å²) in [5.41, 5.74) is 2.32. The number of carbonyl (C=O) groups is 1. The lowest BCUT2D eigenvalue weighted by Crippen LogP contribution is -2.50. The van der Waals surface area contributed by atoms with Gasteiger partial charge in [-0.05, 0) is 45.0 Å². The predicted octanol–water partition coefficient (Wildman–Crippen LogP) is 2.69. The Kier molecular flexibility index (Phi) is 14.2. The zero-order valence-electron chi connectivity index (χ0n) is 24.1. The van der Waals surface area contributed by atoms with Gasteiger partial charge in [0.05, 0.1) is 45.0 Å². The van der Waals surface area contributed by atoms with Crippen LogP contribution >= 0.6 is 0 Å². The standard InChI is InChI=1S/C13H28N2O2.2C7H8O3S/c1-12(2)13(16)17-11-10-15(6,7)9-8-14(3,4)5;2*1-6-2-4-7(5-3-6)11(8,9)10/h1,8-11H2,2-7H3;2*2-5H,1H3,(H,8,9,10)/q+2;;/p-2. The summed E-state index contributed by atoms with van der Waals surface area (Å²) in [5, 5.41) is 0. The summed E-state index contributed by atoms with van der Waals surface area (Å²) in [6, 6.07) is 11.6. The van der Waals surface area contributed by atoms with E-state index in [4.69, 9.17) is 4.74 Å². The molecule has 12 heteroatoms. The number of hydrogen-bond acceptors (Lipinski definition) is 8. The third kappa shape index (κ3) is 17.6. The second-order valence-corrected chi connectivity index (χ2v) is 13.6. The van der Waals surface area contributed by atoms with Gasteiger partial charge in [0.2, 0.25) is 0 Å². The van der Waals surface area contributed by atoms with Crippen molar-refractivity contribution in [2.75, 3.05) is 61.5 Å². The van der Waals surface area contributed by atoms with Gasteiger partial charge in [-0.2, -0.15) is 0 Å². The number of esters is 1. The molecule has 0 atom stereocenters. The van der Waals surface area contributed by atoms with Gasteiger partial charge >= 0.3 is 5.97 Å². The summed E-state index contributed by atoms with van der Waals surface area (Å²) in [7, 11) is 2.32. The van der Waals surface area contributed by atoms with Crippen LogP contribution in [0.1, 0.15) is 18.1 Å². The fourth-order valence-electron chi connectivity index (χ4n) is 2.60.